The van der Waals surface area contributed by atoms with E-state index in [0.29, 0.717) is 0 Å². The molecular formula is C17H25N3O4S. The van der Waals surface area contributed by atoms with Gasteiger partial charge in [0.2, 0.25) is 0 Å². The molecule has 0 saturated heterocycles. The third-order valence-electron chi connectivity index (χ3n) is 3.02. The van der Waals surface area contributed by atoms with Crippen molar-refractivity contribution in [3.8, 4) is 5.75 Å². The molecule has 0 fully saturated rings. The number of methoxy groups -OCH3 is 1. The molecule has 138 valence electrons. The van der Waals surface area contributed by atoms with Crippen molar-refractivity contribution in [2.75, 3.05) is 7.11 Å². The lowest BCUT2D eigenvalue weighted by molar-refractivity contribution is -0.116. The summed E-state index contributed by atoms with van der Waals surface area (Å²) in [6.45, 7) is 5.99. The van der Waals surface area contributed by atoms with Gasteiger partial charge in [0.25, 0.3) is 0 Å². The number of rotatable bonds is 2. The van der Waals surface area contributed by atoms with E-state index in [4.69, 9.17) is 4.74 Å². The molecule has 0 heterocycles. The number of hydrogen-bond donors (Lipinski definition) is 3. The standard InChI is InChI=1S/C9H12O.C7H8O3S.CH5N3/c1-7-4-5-9(10-3)6-8(7)2;1-6-2-4-7(5-3-6)11(8,9)10;2-1(3)4/h4-6H,1-3H3;2-5H,1H3,(H,8,9,10);(H5,2,3,4). The van der Waals surface area contributed by atoms with Gasteiger partial charge in [-0.25, -0.2) is 8.42 Å². The zero-order valence-electron chi connectivity index (χ0n) is 14.8. The summed E-state index contributed by atoms with van der Waals surface area (Å²) < 4.78 is 36.2. The van der Waals surface area contributed by atoms with Crippen molar-refractivity contribution in [1.82, 2.24) is 0 Å². The van der Waals surface area contributed by atoms with Gasteiger partial charge in [-0.2, -0.15) is 0 Å². The Labute approximate surface area is 148 Å². The molecule has 2 aromatic rings. The highest BCUT2D eigenvalue weighted by atomic mass is 32.2. The molecule has 8 heteroatoms. The van der Waals surface area contributed by atoms with Crippen LogP contribution in [0, 0.1) is 20.8 Å². The van der Waals surface area contributed by atoms with E-state index in [1.54, 1.807) is 19.2 Å². The Morgan fingerprint density at radius 1 is 1.00 bits per heavy atom. The first-order valence-corrected chi connectivity index (χ1v) is 8.65. The highest BCUT2D eigenvalue weighted by molar-refractivity contribution is 7.85. The number of aryl methyl sites for hydroxylation is 3. The minimum absolute atomic E-state index is 0.0833. The van der Waals surface area contributed by atoms with Crippen LogP contribution in [0.5, 0.6) is 5.75 Å². The Kier molecular flexibility index (Phi) is 9.25. The van der Waals surface area contributed by atoms with Crippen LogP contribution in [0.4, 0.5) is 0 Å². The Morgan fingerprint density at radius 3 is 1.84 bits per heavy atom. The molecule has 0 saturated carbocycles. The van der Waals surface area contributed by atoms with Crippen molar-refractivity contribution in [3.05, 3.63) is 59.2 Å². The largest absolute Gasteiger partial charge is 0.744 e. The monoisotopic (exact) mass is 367 g/mol. The summed E-state index contributed by atoms with van der Waals surface area (Å²) in [5, 5.41) is 4.58. The molecule has 0 aliphatic rings. The van der Waals surface area contributed by atoms with Crippen molar-refractivity contribution in [2.45, 2.75) is 25.7 Å². The van der Waals surface area contributed by atoms with Gasteiger partial charge in [-0.1, -0.05) is 23.8 Å². The normalized spacial score (nSPS) is 9.80. The van der Waals surface area contributed by atoms with Crippen LogP contribution in [0.15, 0.2) is 47.4 Å². The van der Waals surface area contributed by atoms with Crippen molar-refractivity contribution >= 4 is 16.1 Å². The molecule has 0 spiro atoms. The van der Waals surface area contributed by atoms with Crippen LogP contribution in [-0.4, -0.2) is 26.0 Å². The van der Waals surface area contributed by atoms with Gasteiger partial charge in [0, 0.05) is 0 Å². The fourth-order valence-corrected chi connectivity index (χ4v) is 2.02. The topological polar surface area (TPSA) is 144 Å². The van der Waals surface area contributed by atoms with E-state index < -0.39 is 10.1 Å². The van der Waals surface area contributed by atoms with Gasteiger partial charge in [0.15, 0.2) is 0 Å². The van der Waals surface area contributed by atoms with E-state index in [1.165, 1.54) is 23.3 Å². The fraction of sp³-hybridized carbons (Fsp3) is 0.235. The summed E-state index contributed by atoms with van der Waals surface area (Å²) >= 11 is 0. The third-order valence-corrected chi connectivity index (χ3v) is 3.87. The number of guanidine groups is 1. The Morgan fingerprint density at radius 2 is 1.48 bits per heavy atom. The van der Waals surface area contributed by atoms with E-state index in [1.807, 2.05) is 19.1 Å². The number of ether oxygens (including phenoxy) is 1. The lowest BCUT2D eigenvalue weighted by Crippen LogP contribution is -2.51. The summed E-state index contributed by atoms with van der Waals surface area (Å²) in [6.07, 6.45) is 0. The van der Waals surface area contributed by atoms with Gasteiger partial charge in [-0.05, 0) is 56.2 Å². The van der Waals surface area contributed by atoms with Gasteiger partial charge < -0.3 is 9.29 Å². The maximum absolute atomic E-state index is 10.4. The van der Waals surface area contributed by atoms with Gasteiger partial charge in [0.05, 0.1) is 12.0 Å². The van der Waals surface area contributed by atoms with Crippen LogP contribution in [-0.2, 0) is 10.1 Å². The highest BCUT2D eigenvalue weighted by Crippen LogP contribution is 2.15. The van der Waals surface area contributed by atoms with Crippen molar-refractivity contribution < 1.29 is 23.1 Å². The van der Waals surface area contributed by atoms with Gasteiger partial charge in [-0.3, -0.25) is 16.9 Å². The van der Waals surface area contributed by atoms with Crippen LogP contribution >= 0.6 is 0 Å². The molecule has 0 radical (unpaired) electrons. The second kappa shape index (κ2) is 10.3. The quantitative estimate of drug-likeness (QED) is 0.394. The lowest BCUT2D eigenvalue weighted by Gasteiger charge is -2.05. The number of benzene rings is 2. The SMILES string of the molecule is COc1ccc(C)c(C)c1.Cc1ccc(S(=O)(=O)[O-])cc1.NC(N)=[NH2+]. The highest BCUT2D eigenvalue weighted by Gasteiger charge is 1.97. The Bertz CT molecular complexity index is 784. The van der Waals surface area contributed by atoms with Crippen LogP contribution in [0.2, 0.25) is 0 Å². The second-order valence-corrected chi connectivity index (χ2v) is 6.60. The van der Waals surface area contributed by atoms with Crippen LogP contribution in [0.3, 0.4) is 0 Å². The van der Waals surface area contributed by atoms with E-state index in [2.05, 4.69) is 36.8 Å². The first kappa shape index (κ1) is 22.4. The molecule has 25 heavy (non-hydrogen) atoms. The van der Waals surface area contributed by atoms with Crippen molar-refractivity contribution in [2.24, 2.45) is 11.5 Å². The summed E-state index contributed by atoms with van der Waals surface area (Å²) in [5.41, 5.74) is 12.7. The minimum atomic E-state index is -4.27. The van der Waals surface area contributed by atoms with Crippen molar-refractivity contribution in [1.29, 1.82) is 0 Å². The number of hydrogen-bond acceptors (Lipinski definition) is 4. The molecule has 0 aliphatic carbocycles. The van der Waals surface area contributed by atoms with Gasteiger partial charge in [0.1, 0.15) is 15.9 Å². The molecule has 0 amide bonds. The Hall–Kier alpha value is -2.58. The molecule has 7 nitrogen and oxygen atoms in total. The van der Waals surface area contributed by atoms with E-state index in [0.717, 1.165) is 11.3 Å². The zero-order valence-corrected chi connectivity index (χ0v) is 15.6. The lowest BCUT2D eigenvalue weighted by atomic mass is 10.1. The van der Waals surface area contributed by atoms with E-state index >= 15 is 0 Å². The van der Waals surface area contributed by atoms with Crippen LogP contribution in [0.25, 0.3) is 0 Å². The molecule has 0 unspecified atom stereocenters. The van der Waals surface area contributed by atoms with Gasteiger partial charge in [-0.15, -0.1) is 0 Å². The molecule has 6 N–H and O–H groups in total. The third kappa shape index (κ3) is 10.0. The average molecular weight is 367 g/mol. The summed E-state index contributed by atoms with van der Waals surface area (Å²) in [6, 6.07) is 11.9. The maximum atomic E-state index is 10.4. The van der Waals surface area contributed by atoms with Crippen LogP contribution in [0.1, 0.15) is 16.7 Å². The van der Waals surface area contributed by atoms with Crippen LogP contribution < -0.4 is 21.6 Å². The predicted molar refractivity (Wildman–Crippen MR) is 96.9 cm³/mol. The zero-order chi connectivity index (χ0) is 19.6. The summed E-state index contributed by atoms with van der Waals surface area (Å²) in [4.78, 5) is -0.178. The maximum Gasteiger partial charge on any atom is 0.336 e. The molecule has 0 bridgehead atoms. The molecule has 0 aliphatic heterocycles. The first-order chi connectivity index (χ1) is 11.5. The minimum Gasteiger partial charge on any atom is -0.744 e. The molecular weight excluding hydrogens is 342 g/mol. The van der Waals surface area contributed by atoms with E-state index in [9.17, 15) is 13.0 Å². The van der Waals surface area contributed by atoms with Crippen molar-refractivity contribution in [3.63, 3.8) is 0 Å². The molecule has 0 aromatic heterocycles. The van der Waals surface area contributed by atoms with E-state index in [-0.39, 0.29) is 10.9 Å². The summed E-state index contributed by atoms with van der Waals surface area (Å²) in [7, 11) is -2.58. The predicted octanol–water partition coefficient (Wildman–Crippen LogP) is 0.230. The molecule has 2 rings (SSSR count). The number of nitrogens with two attached hydrogens (primary N) is 3. The smallest absolute Gasteiger partial charge is 0.336 e. The average Bonchev–Trinajstić information content (AvgIpc) is 2.49. The fourth-order valence-electron chi connectivity index (χ4n) is 1.55. The van der Waals surface area contributed by atoms with Gasteiger partial charge >= 0.3 is 5.96 Å². The second-order valence-electron chi connectivity index (χ2n) is 5.22. The first-order valence-electron chi connectivity index (χ1n) is 7.24. The molecule has 2 aromatic carbocycles. The Balaban J connectivity index is 0.000000383. The molecule has 0 atom stereocenters. The summed E-state index contributed by atoms with van der Waals surface area (Å²) in [5.74, 6) is 0.850.